The van der Waals surface area contributed by atoms with Crippen LogP contribution in [0.5, 0.6) is 0 Å². The van der Waals surface area contributed by atoms with Crippen molar-refractivity contribution in [3.8, 4) is 0 Å². The lowest BCUT2D eigenvalue weighted by Gasteiger charge is -2.17. The first-order valence-corrected chi connectivity index (χ1v) is 12.7. The Bertz CT molecular complexity index is 1240. The van der Waals surface area contributed by atoms with E-state index in [1.807, 2.05) is 0 Å². The Balaban J connectivity index is 1.66. The van der Waals surface area contributed by atoms with Crippen molar-refractivity contribution in [3.63, 3.8) is 0 Å². The Hall–Kier alpha value is -3.77. The van der Waals surface area contributed by atoms with Crippen LogP contribution in [0.2, 0.25) is 0 Å². The average molecular weight is 517 g/mol. The van der Waals surface area contributed by atoms with E-state index in [-0.39, 0.29) is 33.6 Å². The summed E-state index contributed by atoms with van der Waals surface area (Å²) in [5.41, 5.74) is 0.883. The fourth-order valence-electron chi connectivity index (χ4n) is 3.61. The topological polar surface area (TPSA) is 151 Å². The minimum Gasteiger partial charge on any atom is -0.449 e. The van der Waals surface area contributed by atoms with Gasteiger partial charge in [0.2, 0.25) is 21.8 Å². The molecule has 192 valence electrons. The molecule has 0 saturated carbocycles. The number of benzene rings is 2. The number of nitrogens with one attached hydrogen (secondary N) is 3. The van der Waals surface area contributed by atoms with Crippen LogP contribution < -0.4 is 16.0 Å². The van der Waals surface area contributed by atoms with E-state index < -0.39 is 28.0 Å². The maximum Gasteiger partial charge on any atom is 0.339 e. The number of esters is 1. The van der Waals surface area contributed by atoms with Gasteiger partial charge in [0.05, 0.1) is 10.5 Å². The number of nitrogens with zero attached hydrogens (tertiary/aromatic N) is 1. The smallest absolute Gasteiger partial charge is 0.339 e. The molecule has 1 heterocycles. The van der Waals surface area contributed by atoms with Crippen molar-refractivity contribution in [2.24, 2.45) is 0 Å². The molecular formula is C24H28N4O7S. The quantitative estimate of drug-likeness (QED) is 0.456. The Morgan fingerprint density at radius 3 is 1.86 bits per heavy atom. The van der Waals surface area contributed by atoms with Gasteiger partial charge in [-0.25, -0.2) is 13.2 Å². The van der Waals surface area contributed by atoms with Crippen molar-refractivity contribution in [2.75, 3.05) is 29.0 Å². The Morgan fingerprint density at radius 2 is 1.36 bits per heavy atom. The molecule has 1 saturated heterocycles. The number of sulfonamides is 1. The molecule has 3 amide bonds. The lowest BCUT2D eigenvalue weighted by atomic mass is 10.1. The third-order valence-electron chi connectivity index (χ3n) is 5.29. The van der Waals surface area contributed by atoms with E-state index >= 15 is 0 Å². The highest BCUT2D eigenvalue weighted by Gasteiger charge is 2.27. The van der Waals surface area contributed by atoms with E-state index in [4.69, 9.17) is 4.74 Å². The Kier molecular flexibility index (Phi) is 8.43. The van der Waals surface area contributed by atoms with Gasteiger partial charge < -0.3 is 20.7 Å². The standard InChI is InChI=1S/C24H28N4O7S/c1-15(35-24(32)18-12-20(25-16(2)29)14-21(13-18)26-17(3)30)23(31)27-19-6-8-22(9-7-19)36(33,34)28-10-4-5-11-28/h6-9,12-15H,4-5,10-11H2,1-3H3,(H,25,29)(H,26,30)(H,27,31)/t15-/m1/s1. The highest BCUT2D eigenvalue weighted by atomic mass is 32.2. The second-order valence-corrected chi connectivity index (χ2v) is 10.3. The summed E-state index contributed by atoms with van der Waals surface area (Å²) in [5, 5.41) is 7.65. The molecule has 1 fully saturated rings. The van der Waals surface area contributed by atoms with Crippen LogP contribution in [0.3, 0.4) is 0 Å². The number of carbonyl (C=O) groups is 4. The molecule has 11 nitrogen and oxygen atoms in total. The van der Waals surface area contributed by atoms with Crippen LogP contribution in [0.15, 0.2) is 47.4 Å². The van der Waals surface area contributed by atoms with Crippen LogP contribution in [-0.2, 0) is 29.1 Å². The van der Waals surface area contributed by atoms with E-state index in [1.54, 1.807) is 0 Å². The molecule has 3 rings (SSSR count). The van der Waals surface area contributed by atoms with Crippen molar-refractivity contribution in [1.29, 1.82) is 0 Å². The van der Waals surface area contributed by atoms with E-state index in [2.05, 4.69) is 16.0 Å². The molecule has 1 atom stereocenters. The minimum absolute atomic E-state index is 0.0149. The zero-order valence-corrected chi connectivity index (χ0v) is 21.0. The number of hydrogen-bond acceptors (Lipinski definition) is 7. The second kappa shape index (κ2) is 11.3. The normalized spacial score (nSPS) is 14.5. The number of hydrogen-bond donors (Lipinski definition) is 3. The summed E-state index contributed by atoms with van der Waals surface area (Å²) >= 11 is 0. The van der Waals surface area contributed by atoms with Gasteiger partial charge in [-0.3, -0.25) is 14.4 Å². The number of ether oxygens (including phenoxy) is 1. The number of anilines is 3. The highest BCUT2D eigenvalue weighted by Crippen LogP contribution is 2.23. The van der Waals surface area contributed by atoms with Gasteiger partial charge in [0.1, 0.15) is 0 Å². The fourth-order valence-corrected chi connectivity index (χ4v) is 5.13. The lowest BCUT2D eigenvalue weighted by molar-refractivity contribution is -0.123. The van der Waals surface area contributed by atoms with Crippen LogP contribution in [0.25, 0.3) is 0 Å². The molecule has 0 bridgehead atoms. The van der Waals surface area contributed by atoms with Crippen molar-refractivity contribution in [1.82, 2.24) is 4.31 Å². The molecule has 0 radical (unpaired) electrons. The third-order valence-corrected chi connectivity index (χ3v) is 7.20. The molecule has 12 heteroatoms. The lowest BCUT2D eigenvalue weighted by Crippen LogP contribution is -2.30. The molecular weight excluding hydrogens is 488 g/mol. The van der Waals surface area contributed by atoms with Crippen molar-refractivity contribution in [3.05, 3.63) is 48.0 Å². The molecule has 2 aromatic carbocycles. The van der Waals surface area contributed by atoms with Crippen molar-refractivity contribution >= 4 is 50.8 Å². The SMILES string of the molecule is CC(=O)Nc1cc(NC(C)=O)cc(C(=O)O[C@H](C)C(=O)Nc2ccc(S(=O)(=O)N3CCCC3)cc2)c1. The van der Waals surface area contributed by atoms with Crippen LogP contribution in [0.4, 0.5) is 17.1 Å². The predicted molar refractivity (Wildman–Crippen MR) is 133 cm³/mol. The molecule has 3 N–H and O–H groups in total. The maximum atomic E-state index is 12.7. The first-order chi connectivity index (χ1) is 17.0. The predicted octanol–water partition coefficient (Wildman–Crippen LogP) is 2.57. The Morgan fingerprint density at radius 1 is 0.833 bits per heavy atom. The number of rotatable bonds is 8. The Labute approximate surface area is 209 Å². The van der Waals surface area contributed by atoms with Gasteiger partial charge >= 0.3 is 5.97 Å². The van der Waals surface area contributed by atoms with Crippen LogP contribution in [0.1, 0.15) is 44.0 Å². The first-order valence-electron chi connectivity index (χ1n) is 11.3. The molecule has 0 spiro atoms. The monoisotopic (exact) mass is 516 g/mol. The van der Waals surface area contributed by atoms with Crippen LogP contribution in [-0.4, -0.2) is 55.6 Å². The highest BCUT2D eigenvalue weighted by molar-refractivity contribution is 7.89. The summed E-state index contributed by atoms with van der Waals surface area (Å²) in [5.74, 6) is -2.22. The van der Waals surface area contributed by atoms with Gasteiger partial charge in [0.25, 0.3) is 5.91 Å². The molecule has 2 aromatic rings. The fraction of sp³-hybridized carbons (Fsp3) is 0.333. The minimum atomic E-state index is -3.57. The molecule has 1 aliphatic rings. The molecule has 0 aliphatic carbocycles. The number of amides is 3. The molecule has 0 unspecified atom stereocenters. The third kappa shape index (κ3) is 6.89. The summed E-state index contributed by atoms with van der Waals surface area (Å²) in [7, 11) is -3.57. The average Bonchev–Trinajstić information content (AvgIpc) is 3.34. The summed E-state index contributed by atoms with van der Waals surface area (Å²) in [6, 6.07) is 9.95. The number of carbonyl (C=O) groups excluding carboxylic acids is 4. The second-order valence-electron chi connectivity index (χ2n) is 8.33. The van der Waals surface area contributed by atoms with Gasteiger partial charge in [0.15, 0.2) is 6.10 Å². The van der Waals surface area contributed by atoms with Gasteiger partial charge in [-0.2, -0.15) is 4.31 Å². The van der Waals surface area contributed by atoms with Gasteiger partial charge in [-0.1, -0.05) is 0 Å². The van der Waals surface area contributed by atoms with Crippen molar-refractivity contribution < 1.29 is 32.3 Å². The van der Waals surface area contributed by atoms with Crippen LogP contribution >= 0.6 is 0 Å². The van der Waals surface area contributed by atoms with E-state index in [1.165, 1.54) is 67.5 Å². The first kappa shape index (κ1) is 26.8. The summed E-state index contributed by atoms with van der Waals surface area (Å²) in [6.45, 7) is 4.95. The molecule has 36 heavy (non-hydrogen) atoms. The zero-order valence-electron chi connectivity index (χ0n) is 20.2. The van der Waals surface area contributed by atoms with E-state index in [0.29, 0.717) is 18.8 Å². The van der Waals surface area contributed by atoms with Gasteiger partial charge in [-0.05, 0) is 62.2 Å². The molecule has 1 aliphatic heterocycles. The summed E-state index contributed by atoms with van der Waals surface area (Å²) in [4.78, 5) is 48.2. The zero-order chi connectivity index (χ0) is 26.5. The summed E-state index contributed by atoms with van der Waals surface area (Å²) < 4.78 is 32.0. The summed E-state index contributed by atoms with van der Waals surface area (Å²) in [6.07, 6.45) is 0.464. The van der Waals surface area contributed by atoms with Crippen LogP contribution in [0, 0.1) is 0 Å². The largest absolute Gasteiger partial charge is 0.449 e. The van der Waals surface area contributed by atoms with Gasteiger partial charge in [0, 0.05) is 44.0 Å². The molecule has 0 aromatic heterocycles. The van der Waals surface area contributed by atoms with E-state index in [9.17, 15) is 27.6 Å². The van der Waals surface area contributed by atoms with Crippen molar-refractivity contribution in [2.45, 2.75) is 44.6 Å². The van der Waals surface area contributed by atoms with Gasteiger partial charge in [-0.15, -0.1) is 0 Å². The maximum absolute atomic E-state index is 12.7. The van der Waals surface area contributed by atoms with E-state index in [0.717, 1.165) is 12.8 Å².